The molecule has 0 radical (unpaired) electrons. The molecule has 1 aliphatic rings. The van der Waals surface area contributed by atoms with Crippen LogP contribution in [0.4, 0.5) is 4.79 Å². The number of carbonyl (C=O) groups is 3. The molecule has 0 atom stereocenters. The van der Waals surface area contributed by atoms with E-state index >= 15 is 0 Å². The Bertz CT molecular complexity index is 917. The van der Waals surface area contributed by atoms with E-state index in [-0.39, 0.29) is 24.2 Å². The van der Waals surface area contributed by atoms with Gasteiger partial charge in [0.15, 0.2) is 6.61 Å². The van der Waals surface area contributed by atoms with Gasteiger partial charge in [-0.25, -0.2) is 0 Å². The molecule has 7 nitrogen and oxygen atoms in total. The number of likely N-dealkylation sites (N-methyl/N-ethyl adjacent to an activating group) is 1. The molecule has 0 spiro atoms. The molecule has 0 saturated carbocycles. The van der Waals surface area contributed by atoms with Crippen LogP contribution >= 0.6 is 11.8 Å². The summed E-state index contributed by atoms with van der Waals surface area (Å²) < 4.78 is 10.3. The zero-order valence-corrected chi connectivity index (χ0v) is 17.4. The first kappa shape index (κ1) is 21.0. The van der Waals surface area contributed by atoms with Gasteiger partial charge in [-0.15, -0.1) is 0 Å². The zero-order chi connectivity index (χ0) is 20.8. The standard InChI is InChI=1S/C21H24N2O5S/c1-22(13-15-3-4-17-12-18(27-2)6-5-16(17)11-15)19(24)14-28-20(25)7-8-23-9-10-29-21(23)26/h3-6,11-12H,7-10,13-14H2,1-2H3. The molecule has 1 saturated heterocycles. The van der Waals surface area contributed by atoms with Gasteiger partial charge in [-0.3, -0.25) is 14.4 Å². The van der Waals surface area contributed by atoms with Gasteiger partial charge in [0.2, 0.25) is 0 Å². The van der Waals surface area contributed by atoms with Crippen molar-refractivity contribution in [3.8, 4) is 5.75 Å². The molecule has 2 aromatic carbocycles. The van der Waals surface area contributed by atoms with Gasteiger partial charge in [0.25, 0.3) is 11.1 Å². The van der Waals surface area contributed by atoms with Crippen molar-refractivity contribution in [2.24, 2.45) is 0 Å². The number of thioether (sulfide) groups is 1. The van der Waals surface area contributed by atoms with Gasteiger partial charge in [0.05, 0.1) is 13.5 Å². The van der Waals surface area contributed by atoms with Crippen LogP contribution in [-0.2, 0) is 20.9 Å². The Balaban J connectivity index is 1.46. The zero-order valence-electron chi connectivity index (χ0n) is 16.6. The number of ether oxygens (including phenoxy) is 2. The number of carbonyl (C=O) groups excluding carboxylic acids is 3. The fourth-order valence-corrected chi connectivity index (χ4v) is 3.89. The Kier molecular flexibility index (Phi) is 6.98. The summed E-state index contributed by atoms with van der Waals surface area (Å²) in [5.41, 5.74) is 0.981. The van der Waals surface area contributed by atoms with Crippen molar-refractivity contribution in [2.75, 3.05) is 39.6 Å². The van der Waals surface area contributed by atoms with Crippen molar-refractivity contribution in [3.05, 3.63) is 42.0 Å². The lowest BCUT2D eigenvalue weighted by Crippen LogP contribution is -2.32. The summed E-state index contributed by atoms with van der Waals surface area (Å²) in [4.78, 5) is 38.8. The SMILES string of the molecule is COc1ccc2cc(CN(C)C(=O)COC(=O)CCN3CCSC3=O)ccc2c1. The van der Waals surface area contributed by atoms with Gasteiger partial charge >= 0.3 is 5.97 Å². The lowest BCUT2D eigenvalue weighted by molar-refractivity contribution is -0.151. The van der Waals surface area contributed by atoms with Crippen LogP contribution < -0.4 is 4.74 Å². The minimum atomic E-state index is -0.476. The predicted octanol–water partition coefficient (Wildman–Crippen LogP) is 2.91. The van der Waals surface area contributed by atoms with Crippen molar-refractivity contribution in [1.82, 2.24) is 9.80 Å². The Morgan fingerprint density at radius 1 is 1.17 bits per heavy atom. The second kappa shape index (κ2) is 9.65. The smallest absolute Gasteiger partial charge is 0.308 e. The minimum Gasteiger partial charge on any atom is -0.497 e. The van der Waals surface area contributed by atoms with E-state index in [0.717, 1.165) is 27.8 Å². The van der Waals surface area contributed by atoms with E-state index < -0.39 is 5.97 Å². The lowest BCUT2D eigenvalue weighted by atomic mass is 10.1. The van der Waals surface area contributed by atoms with Crippen LogP contribution in [-0.4, -0.2) is 66.5 Å². The van der Waals surface area contributed by atoms with Crippen LogP contribution in [0.5, 0.6) is 5.75 Å². The van der Waals surface area contributed by atoms with E-state index in [2.05, 4.69) is 0 Å². The summed E-state index contributed by atoms with van der Waals surface area (Å²) in [6.45, 7) is 1.09. The monoisotopic (exact) mass is 416 g/mol. The first-order valence-electron chi connectivity index (χ1n) is 9.34. The normalized spacial score (nSPS) is 13.6. The maximum Gasteiger partial charge on any atom is 0.308 e. The highest BCUT2D eigenvalue weighted by atomic mass is 32.2. The Labute approximate surface area is 173 Å². The summed E-state index contributed by atoms with van der Waals surface area (Å²) >= 11 is 1.25. The van der Waals surface area contributed by atoms with E-state index in [4.69, 9.17) is 9.47 Å². The topological polar surface area (TPSA) is 76.2 Å². The van der Waals surface area contributed by atoms with Crippen LogP contribution in [0.2, 0.25) is 0 Å². The number of nitrogens with zero attached hydrogens (tertiary/aromatic N) is 2. The second-order valence-corrected chi connectivity index (χ2v) is 7.86. The van der Waals surface area contributed by atoms with Crippen molar-refractivity contribution in [1.29, 1.82) is 0 Å². The Hall–Kier alpha value is -2.74. The van der Waals surface area contributed by atoms with Gasteiger partial charge in [0, 0.05) is 32.4 Å². The van der Waals surface area contributed by atoms with Crippen LogP contribution in [0.3, 0.4) is 0 Å². The fraction of sp³-hybridized carbons (Fsp3) is 0.381. The maximum absolute atomic E-state index is 12.3. The fourth-order valence-electron chi connectivity index (χ4n) is 3.04. The minimum absolute atomic E-state index is 0.0116. The second-order valence-electron chi connectivity index (χ2n) is 6.81. The van der Waals surface area contributed by atoms with E-state index in [0.29, 0.717) is 19.6 Å². The summed E-state index contributed by atoms with van der Waals surface area (Å²) in [5, 5.41) is 2.11. The average Bonchev–Trinajstić information content (AvgIpc) is 3.14. The molecule has 154 valence electrons. The number of rotatable bonds is 8. The summed E-state index contributed by atoms with van der Waals surface area (Å²) in [6.07, 6.45) is 0.0947. The molecule has 29 heavy (non-hydrogen) atoms. The van der Waals surface area contributed by atoms with Crippen LogP contribution in [0.25, 0.3) is 10.8 Å². The highest BCUT2D eigenvalue weighted by Gasteiger charge is 2.22. The number of fused-ring (bicyclic) bond motifs is 1. The summed E-state index contributed by atoms with van der Waals surface area (Å²) in [7, 11) is 3.31. The van der Waals surface area contributed by atoms with Crippen molar-refractivity contribution in [2.45, 2.75) is 13.0 Å². The molecule has 3 rings (SSSR count). The summed E-state index contributed by atoms with van der Waals surface area (Å²) in [5.74, 6) is 0.795. The Morgan fingerprint density at radius 3 is 2.66 bits per heavy atom. The lowest BCUT2D eigenvalue weighted by Gasteiger charge is -2.18. The number of hydrogen-bond donors (Lipinski definition) is 0. The third-order valence-corrected chi connectivity index (χ3v) is 5.64. The van der Waals surface area contributed by atoms with E-state index in [9.17, 15) is 14.4 Å². The van der Waals surface area contributed by atoms with E-state index in [1.54, 1.807) is 19.1 Å². The number of amides is 2. The van der Waals surface area contributed by atoms with Gasteiger partial charge in [-0.1, -0.05) is 30.0 Å². The average molecular weight is 416 g/mol. The molecular weight excluding hydrogens is 392 g/mol. The van der Waals surface area contributed by atoms with Gasteiger partial charge < -0.3 is 19.3 Å². The third-order valence-electron chi connectivity index (χ3n) is 4.74. The number of benzene rings is 2. The molecule has 0 unspecified atom stereocenters. The molecule has 0 aliphatic carbocycles. The molecule has 2 amide bonds. The molecule has 1 heterocycles. The highest BCUT2D eigenvalue weighted by molar-refractivity contribution is 8.13. The van der Waals surface area contributed by atoms with Crippen LogP contribution in [0.15, 0.2) is 36.4 Å². The first-order chi connectivity index (χ1) is 14.0. The van der Waals surface area contributed by atoms with Crippen LogP contribution in [0, 0.1) is 0 Å². The van der Waals surface area contributed by atoms with Gasteiger partial charge in [-0.05, 0) is 34.5 Å². The summed E-state index contributed by atoms with van der Waals surface area (Å²) in [6, 6.07) is 11.8. The van der Waals surface area contributed by atoms with Crippen LogP contribution in [0.1, 0.15) is 12.0 Å². The van der Waals surface area contributed by atoms with E-state index in [1.165, 1.54) is 16.7 Å². The molecule has 1 aliphatic heterocycles. The van der Waals surface area contributed by atoms with Gasteiger partial charge in [-0.2, -0.15) is 0 Å². The van der Waals surface area contributed by atoms with Gasteiger partial charge in [0.1, 0.15) is 5.75 Å². The van der Waals surface area contributed by atoms with Crippen molar-refractivity contribution >= 4 is 39.7 Å². The van der Waals surface area contributed by atoms with Crippen molar-refractivity contribution < 1.29 is 23.9 Å². The molecule has 0 bridgehead atoms. The molecule has 0 aromatic heterocycles. The molecule has 0 N–H and O–H groups in total. The predicted molar refractivity (Wildman–Crippen MR) is 112 cm³/mol. The van der Waals surface area contributed by atoms with E-state index in [1.807, 2.05) is 36.4 Å². The molecular formula is C21H24N2O5S. The Morgan fingerprint density at radius 2 is 1.93 bits per heavy atom. The molecule has 1 fully saturated rings. The number of hydrogen-bond acceptors (Lipinski definition) is 6. The molecule has 2 aromatic rings. The highest BCUT2D eigenvalue weighted by Crippen LogP contribution is 2.22. The number of esters is 1. The number of methoxy groups -OCH3 is 1. The third kappa shape index (κ3) is 5.63. The molecule has 8 heteroatoms. The first-order valence-corrected chi connectivity index (χ1v) is 10.3. The quantitative estimate of drug-likeness (QED) is 0.616. The van der Waals surface area contributed by atoms with Crippen molar-refractivity contribution in [3.63, 3.8) is 0 Å². The maximum atomic E-state index is 12.3. The largest absolute Gasteiger partial charge is 0.497 e.